The summed E-state index contributed by atoms with van der Waals surface area (Å²) in [5, 5.41) is 13.2. The van der Waals surface area contributed by atoms with Crippen LogP contribution in [0.4, 0.5) is 5.00 Å². The van der Waals surface area contributed by atoms with Crippen LogP contribution in [-0.4, -0.2) is 13.1 Å². The predicted molar refractivity (Wildman–Crippen MR) is 60.9 cm³/mol. The second kappa shape index (κ2) is 2.97. The van der Waals surface area contributed by atoms with Gasteiger partial charge >= 0.3 is 0 Å². The molecule has 0 radical (unpaired) electrons. The van der Waals surface area contributed by atoms with Crippen LogP contribution >= 0.6 is 11.3 Å². The zero-order valence-corrected chi connectivity index (χ0v) is 9.28. The molecule has 0 amide bonds. The third-order valence-corrected chi connectivity index (χ3v) is 4.72. The van der Waals surface area contributed by atoms with Crippen molar-refractivity contribution in [2.45, 2.75) is 24.7 Å². The highest BCUT2D eigenvalue weighted by Gasteiger charge is 2.44. The van der Waals surface area contributed by atoms with E-state index < -0.39 is 0 Å². The molecule has 1 saturated heterocycles. The van der Waals surface area contributed by atoms with E-state index in [0.29, 0.717) is 0 Å². The highest BCUT2D eigenvalue weighted by atomic mass is 32.1. The van der Waals surface area contributed by atoms with Gasteiger partial charge in [0, 0.05) is 23.4 Å². The first kappa shape index (κ1) is 9.20. The number of nitrogens with two attached hydrogens (primary N) is 1. The second-order valence-corrected chi connectivity index (χ2v) is 5.63. The molecule has 4 heteroatoms. The van der Waals surface area contributed by atoms with Gasteiger partial charge in [0.15, 0.2) is 0 Å². The smallest absolute Gasteiger partial charge is 0.104 e. The van der Waals surface area contributed by atoms with Gasteiger partial charge in [-0.2, -0.15) is 5.26 Å². The highest BCUT2D eigenvalue weighted by molar-refractivity contribution is 7.16. The van der Waals surface area contributed by atoms with Crippen LogP contribution in [0.3, 0.4) is 0 Å². The average molecular weight is 219 g/mol. The van der Waals surface area contributed by atoms with Crippen LogP contribution in [0.25, 0.3) is 0 Å². The lowest BCUT2D eigenvalue weighted by Crippen LogP contribution is -2.58. The average Bonchev–Trinajstić information content (AvgIpc) is 2.50. The lowest BCUT2D eigenvalue weighted by atomic mass is 9.67. The number of aryl methyl sites for hydroxylation is 1. The fourth-order valence-electron chi connectivity index (χ4n) is 2.84. The molecule has 1 aliphatic heterocycles. The Morgan fingerprint density at radius 2 is 2.27 bits per heavy atom. The summed E-state index contributed by atoms with van der Waals surface area (Å²) in [6, 6.07) is 2.28. The first-order valence-electron chi connectivity index (χ1n) is 5.29. The van der Waals surface area contributed by atoms with Crippen molar-refractivity contribution in [2.75, 3.05) is 18.8 Å². The number of thiophene rings is 1. The largest absolute Gasteiger partial charge is 0.389 e. The molecule has 1 aromatic heterocycles. The van der Waals surface area contributed by atoms with Crippen molar-refractivity contribution >= 4 is 16.3 Å². The number of rotatable bonds is 0. The summed E-state index contributed by atoms with van der Waals surface area (Å²) < 4.78 is 0. The Kier molecular flexibility index (Phi) is 1.82. The van der Waals surface area contributed by atoms with E-state index in [2.05, 4.69) is 11.4 Å². The van der Waals surface area contributed by atoms with Gasteiger partial charge in [0.25, 0.3) is 0 Å². The van der Waals surface area contributed by atoms with E-state index in [4.69, 9.17) is 5.73 Å². The summed E-state index contributed by atoms with van der Waals surface area (Å²) in [5.74, 6) is 0. The first-order valence-corrected chi connectivity index (χ1v) is 6.11. The Morgan fingerprint density at radius 3 is 2.87 bits per heavy atom. The van der Waals surface area contributed by atoms with Gasteiger partial charge in [-0.15, -0.1) is 11.3 Å². The van der Waals surface area contributed by atoms with Crippen LogP contribution in [0, 0.1) is 11.3 Å². The second-order valence-electron chi connectivity index (χ2n) is 4.49. The molecule has 2 aliphatic rings. The summed E-state index contributed by atoms with van der Waals surface area (Å²) >= 11 is 1.62. The lowest BCUT2D eigenvalue weighted by molar-refractivity contribution is 0.241. The van der Waals surface area contributed by atoms with Gasteiger partial charge in [0.2, 0.25) is 0 Å². The minimum Gasteiger partial charge on any atom is -0.389 e. The van der Waals surface area contributed by atoms with Crippen molar-refractivity contribution in [3.05, 3.63) is 16.0 Å². The number of hydrogen-bond acceptors (Lipinski definition) is 4. The summed E-state index contributed by atoms with van der Waals surface area (Å²) in [5.41, 5.74) is 8.19. The van der Waals surface area contributed by atoms with Gasteiger partial charge in [0.1, 0.15) is 11.1 Å². The molecule has 0 atom stereocenters. The molecule has 1 spiro atoms. The van der Waals surface area contributed by atoms with Crippen molar-refractivity contribution < 1.29 is 0 Å². The maximum absolute atomic E-state index is 9.17. The molecule has 1 fully saturated rings. The van der Waals surface area contributed by atoms with Crippen LogP contribution in [0.2, 0.25) is 0 Å². The Bertz CT molecular complexity index is 451. The molecule has 0 saturated carbocycles. The van der Waals surface area contributed by atoms with Gasteiger partial charge in [-0.05, 0) is 24.8 Å². The molecule has 1 aliphatic carbocycles. The highest BCUT2D eigenvalue weighted by Crippen LogP contribution is 2.47. The number of fused-ring (bicyclic) bond motifs is 2. The number of anilines is 1. The molecule has 0 unspecified atom stereocenters. The third-order valence-electron chi connectivity index (χ3n) is 3.64. The zero-order chi connectivity index (χ0) is 10.5. The molecule has 3 nitrogen and oxygen atoms in total. The van der Waals surface area contributed by atoms with Crippen LogP contribution in [0.5, 0.6) is 0 Å². The van der Waals surface area contributed by atoms with E-state index in [1.165, 1.54) is 23.3 Å². The fourth-order valence-corrected chi connectivity index (χ4v) is 4.02. The molecule has 2 heterocycles. The topological polar surface area (TPSA) is 61.8 Å². The van der Waals surface area contributed by atoms with Crippen molar-refractivity contribution in [3.8, 4) is 6.07 Å². The minimum atomic E-state index is 0.243. The third kappa shape index (κ3) is 1.08. The van der Waals surface area contributed by atoms with Crippen LogP contribution < -0.4 is 11.1 Å². The number of nitrogens with one attached hydrogen (secondary N) is 1. The molecule has 78 valence electrons. The quantitative estimate of drug-likeness (QED) is 0.693. The maximum Gasteiger partial charge on any atom is 0.104 e. The zero-order valence-electron chi connectivity index (χ0n) is 8.47. The number of nitrogens with zero attached hydrogens (tertiary/aromatic N) is 1. The monoisotopic (exact) mass is 219 g/mol. The number of hydrogen-bond donors (Lipinski definition) is 2. The van der Waals surface area contributed by atoms with E-state index in [-0.39, 0.29) is 5.41 Å². The first-order chi connectivity index (χ1) is 7.27. The van der Waals surface area contributed by atoms with Gasteiger partial charge in [0.05, 0.1) is 5.56 Å². The molecule has 3 N–H and O–H groups in total. The van der Waals surface area contributed by atoms with Crippen molar-refractivity contribution in [1.82, 2.24) is 5.32 Å². The summed E-state index contributed by atoms with van der Waals surface area (Å²) in [6.07, 6.45) is 3.55. The van der Waals surface area contributed by atoms with Crippen LogP contribution in [-0.2, 0) is 11.8 Å². The predicted octanol–water partition coefficient (Wildman–Crippen LogP) is 1.38. The molecule has 0 aromatic carbocycles. The van der Waals surface area contributed by atoms with E-state index in [9.17, 15) is 5.26 Å². The van der Waals surface area contributed by atoms with Crippen molar-refractivity contribution in [1.29, 1.82) is 5.26 Å². The Hall–Kier alpha value is -1.05. The Morgan fingerprint density at radius 1 is 1.47 bits per heavy atom. The normalized spacial score (nSPS) is 21.8. The lowest BCUT2D eigenvalue weighted by Gasteiger charge is -2.46. The van der Waals surface area contributed by atoms with Gasteiger partial charge < -0.3 is 11.1 Å². The molecule has 0 bridgehead atoms. The van der Waals surface area contributed by atoms with Gasteiger partial charge in [-0.3, -0.25) is 0 Å². The van der Waals surface area contributed by atoms with Crippen LogP contribution in [0.1, 0.15) is 28.8 Å². The molecular weight excluding hydrogens is 206 g/mol. The van der Waals surface area contributed by atoms with Crippen molar-refractivity contribution in [2.24, 2.45) is 0 Å². The SMILES string of the molecule is N#Cc1c(N)sc2c1C1(CCC2)CNC1. The van der Waals surface area contributed by atoms with E-state index in [0.717, 1.165) is 30.1 Å². The summed E-state index contributed by atoms with van der Waals surface area (Å²) in [7, 11) is 0. The van der Waals surface area contributed by atoms with E-state index in [1.54, 1.807) is 11.3 Å². The van der Waals surface area contributed by atoms with Crippen LogP contribution in [0.15, 0.2) is 0 Å². The molecule has 1 aromatic rings. The van der Waals surface area contributed by atoms with Gasteiger partial charge in [-0.25, -0.2) is 0 Å². The minimum absolute atomic E-state index is 0.243. The molecule has 3 rings (SSSR count). The number of nitrogen functional groups attached to an aromatic ring is 1. The molecular formula is C11H13N3S. The van der Waals surface area contributed by atoms with Gasteiger partial charge in [-0.1, -0.05) is 0 Å². The van der Waals surface area contributed by atoms with Crippen molar-refractivity contribution in [3.63, 3.8) is 0 Å². The molecule has 15 heavy (non-hydrogen) atoms. The van der Waals surface area contributed by atoms with E-state index >= 15 is 0 Å². The van der Waals surface area contributed by atoms with E-state index in [1.807, 2.05) is 0 Å². The Labute approximate surface area is 92.9 Å². The number of nitriles is 1. The Balaban J connectivity index is 2.21. The standard InChI is InChI=1S/C11H13N3S/c12-4-7-9-8(15-10(7)13)2-1-3-11(9)5-14-6-11/h14H,1-3,5-6,13H2. The maximum atomic E-state index is 9.17. The summed E-state index contributed by atoms with van der Waals surface area (Å²) in [4.78, 5) is 1.36. The summed E-state index contributed by atoms with van der Waals surface area (Å²) in [6.45, 7) is 2.04. The fraction of sp³-hybridized carbons (Fsp3) is 0.545.